The fourth-order valence-electron chi connectivity index (χ4n) is 4.39. The van der Waals surface area contributed by atoms with Gasteiger partial charge in [-0.2, -0.15) is 0 Å². The Morgan fingerprint density at radius 3 is 2.25 bits per heavy atom. The highest BCUT2D eigenvalue weighted by atomic mass is 32.1. The number of thiophene rings is 1. The highest BCUT2D eigenvalue weighted by molar-refractivity contribution is 7.10. The van der Waals surface area contributed by atoms with Gasteiger partial charge in [0.05, 0.1) is 6.54 Å². The average molecular weight is 455 g/mol. The second-order valence-electron chi connectivity index (χ2n) is 10.3. The van der Waals surface area contributed by atoms with E-state index in [1.165, 1.54) is 16.9 Å². The number of carbonyl (C=O) groups excluding carboxylic acids is 2. The predicted octanol–water partition coefficient (Wildman–Crippen LogP) is 6.18. The number of hydrogen-bond donors (Lipinski definition) is 0. The van der Waals surface area contributed by atoms with Crippen LogP contribution in [0, 0.1) is 12.3 Å². The first-order chi connectivity index (χ1) is 15.2. The molecule has 1 aromatic carbocycles. The molecule has 0 N–H and O–H groups in total. The minimum Gasteiger partial charge on any atom is -0.332 e. The minimum absolute atomic E-state index is 0.0366. The lowest BCUT2D eigenvalue weighted by Crippen LogP contribution is -2.48. The zero-order chi connectivity index (χ0) is 23.1. The van der Waals surface area contributed by atoms with Crippen LogP contribution in [-0.2, 0) is 22.7 Å². The number of carbonyl (C=O) groups is 2. The van der Waals surface area contributed by atoms with E-state index in [-0.39, 0.29) is 29.8 Å². The molecule has 1 heterocycles. The van der Waals surface area contributed by atoms with Gasteiger partial charge in [0.1, 0.15) is 6.54 Å². The van der Waals surface area contributed by atoms with Crippen LogP contribution < -0.4 is 0 Å². The van der Waals surface area contributed by atoms with Crippen LogP contribution in [0.4, 0.5) is 0 Å². The maximum absolute atomic E-state index is 13.6. The third kappa shape index (κ3) is 7.19. The lowest BCUT2D eigenvalue weighted by molar-refractivity contribution is -0.145. The summed E-state index contributed by atoms with van der Waals surface area (Å²) in [6.45, 7) is 9.69. The second kappa shape index (κ2) is 11.1. The van der Waals surface area contributed by atoms with Crippen LogP contribution in [0.1, 0.15) is 75.3 Å². The Balaban J connectivity index is 1.80. The maximum Gasteiger partial charge on any atom is 0.242 e. The first kappa shape index (κ1) is 24.5. The van der Waals surface area contributed by atoms with Gasteiger partial charge in [-0.25, -0.2) is 0 Å². The number of nitrogens with zero attached hydrogens (tertiary/aromatic N) is 2. The summed E-state index contributed by atoms with van der Waals surface area (Å²) < 4.78 is 0. The van der Waals surface area contributed by atoms with Gasteiger partial charge in [-0.05, 0) is 47.8 Å². The fraction of sp³-hybridized carbons (Fsp3) is 0.556. The smallest absolute Gasteiger partial charge is 0.242 e. The molecule has 1 aliphatic rings. The lowest BCUT2D eigenvalue weighted by Gasteiger charge is -2.37. The van der Waals surface area contributed by atoms with Gasteiger partial charge < -0.3 is 9.80 Å². The molecule has 0 aliphatic heterocycles. The largest absolute Gasteiger partial charge is 0.332 e. The monoisotopic (exact) mass is 454 g/mol. The summed E-state index contributed by atoms with van der Waals surface area (Å²) in [6, 6.07) is 12.4. The third-order valence-electron chi connectivity index (χ3n) is 6.19. The number of aryl methyl sites for hydroxylation is 1. The van der Waals surface area contributed by atoms with Crippen molar-refractivity contribution < 1.29 is 9.59 Å². The van der Waals surface area contributed by atoms with E-state index in [0.29, 0.717) is 19.5 Å². The highest BCUT2D eigenvalue weighted by Gasteiger charge is 2.31. The molecule has 1 fully saturated rings. The van der Waals surface area contributed by atoms with E-state index in [0.717, 1.165) is 31.2 Å². The molecule has 1 aromatic heterocycles. The first-order valence-corrected chi connectivity index (χ1v) is 12.7. The summed E-state index contributed by atoms with van der Waals surface area (Å²) in [5, 5.41) is 2.08. The Bertz CT molecular complexity index is 879. The summed E-state index contributed by atoms with van der Waals surface area (Å²) in [5.41, 5.74) is 2.24. The van der Waals surface area contributed by atoms with Crippen molar-refractivity contribution in [3.8, 4) is 0 Å². The van der Waals surface area contributed by atoms with Crippen molar-refractivity contribution in [2.24, 2.45) is 5.41 Å². The van der Waals surface area contributed by atoms with Crippen LogP contribution >= 0.6 is 11.3 Å². The van der Waals surface area contributed by atoms with E-state index in [1.54, 1.807) is 11.3 Å². The molecular weight excluding hydrogens is 416 g/mol. The van der Waals surface area contributed by atoms with Crippen LogP contribution in [0.25, 0.3) is 0 Å². The van der Waals surface area contributed by atoms with Crippen molar-refractivity contribution in [2.75, 3.05) is 6.54 Å². The summed E-state index contributed by atoms with van der Waals surface area (Å²) >= 11 is 1.69. The van der Waals surface area contributed by atoms with Crippen LogP contribution in [0.3, 0.4) is 0 Å². The van der Waals surface area contributed by atoms with E-state index in [9.17, 15) is 9.59 Å². The molecule has 5 heteroatoms. The molecule has 1 aliphatic carbocycles. The molecule has 174 valence electrons. The molecule has 0 bridgehead atoms. The molecule has 2 amide bonds. The molecule has 1 saturated carbocycles. The summed E-state index contributed by atoms with van der Waals surface area (Å²) in [7, 11) is 0. The zero-order valence-electron chi connectivity index (χ0n) is 20.1. The summed E-state index contributed by atoms with van der Waals surface area (Å²) in [6.07, 6.45) is 5.99. The van der Waals surface area contributed by atoms with Crippen LogP contribution in [0.5, 0.6) is 0 Å². The molecule has 0 atom stereocenters. The number of benzene rings is 1. The van der Waals surface area contributed by atoms with Gasteiger partial charge in [-0.3, -0.25) is 9.59 Å². The molecule has 4 nitrogen and oxygen atoms in total. The van der Waals surface area contributed by atoms with Crippen molar-refractivity contribution >= 4 is 23.2 Å². The Kier molecular flexibility index (Phi) is 8.52. The van der Waals surface area contributed by atoms with Crippen LogP contribution in [-0.4, -0.2) is 34.2 Å². The van der Waals surface area contributed by atoms with Gasteiger partial charge in [0.2, 0.25) is 11.8 Å². The van der Waals surface area contributed by atoms with Crippen LogP contribution in [0.2, 0.25) is 0 Å². The van der Waals surface area contributed by atoms with Gasteiger partial charge in [0.15, 0.2) is 0 Å². The van der Waals surface area contributed by atoms with Gasteiger partial charge >= 0.3 is 0 Å². The molecule has 3 rings (SSSR count). The number of amides is 2. The normalized spacial score (nSPS) is 14.9. The van der Waals surface area contributed by atoms with E-state index < -0.39 is 0 Å². The predicted molar refractivity (Wildman–Crippen MR) is 132 cm³/mol. The molecule has 0 spiro atoms. The molecule has 32 heavy (non-hydrogen) atoms. The third-order valence-corrected chi connectivity index (χ3v) is 7.20. The molecule has 0 saturated heterocycles. The molecular formula is C27H38N2O2S. The lowest BCUT2D eigenvalue weighted by atomic mass is 9.89. The Hall–Kier alpha value is -2.14. The van der Waals surface area contributed by atoms with Gasteiger partial charge in [-0.15, -0.1) is 11.3 Å². The zero-order valence-corrected chi connectivity index (χ0v) is 20.9. The molecule has 0 unspecified atom stereocenters. The van der Waals surface area contributed by atoms with E-state index in [1.807, 2.05) is 28.0 Å². The van der Waals surface area contributed by atoms with Gasteiger partial charge in [0.25, 0.3) is 0 Å². The fourth-order valence-corrected chi connectivity index (χ4v) is 5.31. The van der Waals surface area contributed by atoms with Crippen molar-refractivity contribution in [2.45, 2.75) is 85.4 Å². The number of rotatable bonds is 8. The van der Waals surface area contributed by atoms with Gasteiger partial charge in [0, 0.05) is 23.9 Å². The Morgan fingerprint density at radius 1 is 0.969 bits per heavy atom. The van der Waals surface area contributed by atoms with E-state index >= 15 is 0 Å². The van der Waals surface area contributed by atoms with Gasteiger partial charge in [-0.1, -0.05) is 70.4 Å². The minimum atomic E-state index is -0.0924. The topological polar surface area (TPSA) is 40.6 Å². The van der Waals surface area contributed by atoms with Crippen molar-refractivity contribution in [1.82, 2.24) is 9.80 Å². The molecule has 0 radical (unpaired) electrons. The SMILES string of the molecule is Cc1ccsc1CN(Cc1ccccc1)C(=O)CN(C(=O)CC(C)(C)C)C1CCCCC1. The van der Waals surface area contributed by atoms with E-state index in [2.05, 4.69) is 51.3 Å². The van der Waals surface area contributed by atoms with E-state index in [4.69, 9.17) is 0 Å². The average Bonchev–Trinajstić information content (AvgIpc) is 3.16. The summed E-state index contributed by atoms with van der Waals surface area (Å²) in [4.78, 5) is 32.0. The Labute approximate surface area is 197 Å². The highest BCUT2D eigenvalue weighted by Crippen LogP contribution is 2.27. The molecule has 2 aromatic rings. The van der Waals surface area contributed by atoms with Crippen molar-refractivity contribution in [3.63, 3.8) is 0 Å². The number of hydrogen-bond acceptors (Lipinski definition) is 3. The first-order valence-electron chi connectivity index (χ1n) is 11.9. The quantitative estimate of drug-likeness (QED) is 0.478. The van der Waals surface area contributed by atoms with Crippen molar-refractivity contribution in [3.05, 3.63) is 57.8 Å². The van der Waals surface area contributed by atoms with Crippen molar-refractivity contribution in [1.29, 1.82) is 0 Å². The maximum atomic E-state index is 13.6. The standard InChI is InChI=1S/C27H38N2O2S/c1-21-15-16-32-24(21)19-28(18-22-11-7-5-8-12-22)26(31)20-29(23-13-9-6-10-14-23)25(30)17-27(2,3)4/h5,7-8,11-12,15-16,23H,6,9-10,13-14,17-20H2,1-4H3. The Morgan fingerprint density at radius 2 is 1.66 bits per heavy atom. The summed E-state index contributed by atoms with van der Waals surface area (Å²) in [5.74, 6) is 0.152. The van der Waals surface area contributed by atoms with Crippen LogP contribution in [0.15, 0.2) is 41.8 Å². The second-order valence-corrected chi connectivity index (χ2v) is 11.3.